The molecule has 3 rings (SSSR count). The largest absolute Gasteiger partial charge is 0.493 e. The Kier molecular flexibility index (Phi) is 6.60. The van der Waals surface area contributed by atoms with Crippen LogP contribution < -0.4 is 15.4 Å². The third kappa shape index (κ3) is 4.66. The van der Waals surface area contributed by atoms with Crippen molar-refractivity contribution in [2.75, 3.05) is 6.61 Å². The molecule has 2 aliphatic rings. The summed E-state index contributed by atoms with van der Waals surface area (Å²) in [5, 5.41) is 5.57. The molecular formula is C22H30N2O4. The minimum absolute atomic E-state index is 0.0681. The van der Waals surface area contributed by atoms with Crippen molar-refractivity contribution in [3.05, 3.63) is 41.1 Å². The van der Waals surface area contributed by atoms with E-state index in [0.717, 1.165) is 31.2 Å². The lowest BCUT2D eigenvalue weighted by molar-refractivity contribution is -0.146. The first-order valence-corrected chi connectivity index (χ1v) is 10.2. The number of allylic oxidation sites excluding steroid dienone is 1. The van der Waals surface area contributed by atoms with Gasteiger partial charge in [-0.2, -0.15) is 0 Å². The quantitative estimate of drug-likeness (QED) is 0.718. The fourth-order valence-electron chi connectivity index (χ4n) is 3.96. The highest BCUT2D eigenvalue weighted by atomic mass is 16.5. The van der Waals surface area contributed by atoms with Gasteiger partial charge in [0.25, 0.3) is 0 Å². The van der Waals surface area contributed by atoms with E-state index in [0.29, 0.717) is 29.5 Å². The molecule has 6 nitrogen and oxygen atoms in total. The lowest BCUT2D eigenvalue weighted by Crippen LogP contribution is -2.45. The van der Waals surface area contributed by atoms with E-state index in [-0.39, 0.29) is 18.1 Å². The maximum Gasteiger partial charge on any atom is 0.338 e. The Bertz CT molecular complexity index is 759. The molecule has 1 aliphatic heterocycles. The standard InChI is InChI=1S/C22H30N2O4/c1-4-12-27-18-11-6-5-10-17(18)20-19(15(3)23-22(26)24-20)21(25)28-16-9-7-8-14(2)13-16/h5-6,10-11,14,16,20H,4,7-9,12-13H2,1-3H3,(H2,23,24,26)/t14-,16-,20-/m0/s1. The van der Waals surface area contributed by atoms with Crippen LogP contribution in [0, 0.1) is 5.92 Å². The number of esters is 1. The van der Waals surface area contributed by atoms with Crippen LogP contribution in [0.5, 0.6) is 5.75 Å². The Morgan fingerprint density at radius 3 is 2.79 bits per heavy atom. The minimum atomic E-state index is -0.602. The predicted octanol–water partition coefficient (Wildman–Crippen LogP) is 4.23. The highest BCUT2D eigenvalue weighted by Crippen LogP contribution is 2.35. The van der Waals surface area contributed by atoms with Gasteiger partial charge >= 0.3 is 12.0 Å². The predicted molar refractivity (Wildman–Crippen MR) is 107 cm³/mol. The first-order chi connectivity index (χ1) is 13.5. The molecule has 6 heteroatoms. The Morgan fingerprint density at radius 1 is 1.25 bits per heavy atom. The molecule has 1 aliphatic carbocycles. The number of rotatable bonds is 6. The fraction of sp³-hybridized carbons (Fsp3) is 0.545. The normalized spacial score (nSPS) is 25.0. The summed E-state index contributed by atoms with van der Waals surface area (Å²) in [5.74, 6) is 0.852. The van der Waals surface area contributed by atoms with Gasteiger partial charge in [0.1, 0.15) is 11.9 Å². The summed E-state index contributed by atoms with van der Waals surface area (Å²) >= 11 is 0. The van der Waals surface area contributed by atoms with Crippen LogP contribution in [-0.4, -0.2) is 24.7 Å². The average Bonchev–Trinajstić information content (AvgIpc) is 2.66. The highest BCUT2D eigenvalue weighted by Gasteiger charge is 2.35. The van der Waals surface area contributed by atoms with Crippen LogP contribution in [0.2, 0.25) is 0 Å². The molecule has 28 heavy (non-hydrogen) atoms. The molecule has 0 aromatic heterocycles. The van der Waals surface area contributed by atoms with Crippen LogP contribution in [0.15, 0.2) is 35.5 Å². The van der Waals surface area contributed by atoms with Crippen LogP contribution >= 0.6 is 0 Å². The number of carbonyl (C=O) groups excluding carboxylic acids is 2. The monoisotopic (exact) mass is 386 g/mol. The molecular weight excluding hydrogens is 356 g/mol. The molecule has 2 amide bonds. The third-order valence-corrected chi connectivity index (χ3v) is 5.34. The number of hydrogen-bond acceptors (Lipinski definition) is 4. The Labute approximate surface area is 166 Å². The minimum Gasteiger partial charge on any atom is -0.493 e. The molecule has 0 radical (unpaired) electrons. The van der Waals surface area contributed by atoms with E-state index in [4.69, 9.17) is 9.47 Å². The number of amides is 2. The lowest BCUT2D eigenvalue weighted by atomic mass is 9.88. The third-order valence-electron chi connectivity index (χ3n) is 5.34. The van der Waals surface area contributed by atoms with E-state index in [1.54, 1.807) is 6.92 Å². The van der Waals surface area contributed by atoms with Crippen molar-refractivity contribution < 1.29 is 19.1 Å². The molecule has 0 spiro atoms. The van der Waals surface area contributed by atoms with Crippen molar-refractivity contribution in [1.82, 2.24) is 10.6 Å². The van der Waals surface area contributed by atoms with Gasteiger partial charge in [0.15, 0.2) is 0 Å². The number of hydrogen-bond donors (Lipinski definition) is 2. The molecule has 1 saturated carbocycles. The number of ether oxygens (including phenoxy) is 2. The second-order valence-corrected chi connectivity index (χ2v) is 7.76. The average molecular weight is 386 g/mol. The van der Waals surface area contributed by atoms with Crippen LogP contribution in [0.4, 0.5) is 4.79 Å². The second-order valence-electron chi connectivity index (χ2n) is 7.76. The van der Waals surface area contributed by atoms with Gasteiger partial charge < -0.3 is 20.1 Å². The fourth-order valence-corrected chi connectivity index (χ4v) is 3.96. The molecule has 0 saturated heterocycles. The van der Waals surface area contributed by atoms with E-state index in [1.165, 1.54) is 6.42 Å². The molecule has 2 N–H and O–H groups in total. The van der Waals surface area contributed by atoms with Gasteiger partial charge in [-0.1, -0.05) is 38.5 Å². The van der Waals surface area contributed by atoms with E-state index >= 15 is 0 Å². The number of urea groups is 1. The molecule has 1 aromatic rings. The molecule has 0 bridgehead atoms. The summed E-state index contributed by atoms with van der Waals surface area (Å²) in [5.41, 5.74) is 1.72. The van der Waals surface area contributed by atoms with Crippen LogP contribution in [0.3, 0.4) is 0 Å². The Hall–Kier alpha value is -2.50. The van der Waals surface area contributed by atoms with Gasteiger partial charge in [0.05, 0.1) is 18.2 Å². The molecule has 1 heterocycles. The van der Waals surface area contributed by atoms with Crippen molar-refractivity contribution in [3.8, 4) is 5.75 Å². The molecule has 0 unspecified atom stereocenters. The van der Waals surface area contributed by atoms with Crippen LogP contribution in [-0.2, 0) is 9.53 Å². The van der Waals surface area contributed by atoms with Gasteiger partial charge in [0.2, 0.25) is 0 Å². The lowest BCUT2D eigenvalue weighted by Gasteiger charge is -2.31. The number of benzene rings is 1. The SMILES string of the molecule is CCCOc1ccccc1[C@@H]1NC(=O)NC(C)=C1C(=O)O[C@H]1CCC[C@H](C)C1. The van der Waals surface area contributed by atoms with Gasteiger partial charge in [-0.3, -0.25) is 0 Å². The summed E-state index contributed by atoms with van der Waals surface area (Å²) < 4.78 is 11.7. The Balaban J connectivity index is 1.88. The van der Waals surface area contributed by atoms with Crippen molar-refractivity contribution >= 4 is 12.0 Å². The number of para-hydroxylation sites is 1. The zero-order chi connectivity index (χ0) is 20.1. The van der Waals surface area contributed by atoms with Gasteiger partial charge in [0, 0.05) is 11.3 Å². The highest BCUT2D eigenvalue weighted by molar-refractivity contribution is 5.95. The topological polar surface area (TPSA) is 76.7 Å². The summed E-state index contributed by atoms with van der Waals surface area (Å²) in [6.07, 6.45) is 4.83. The first-order valence-electron chi connectivity index (χ1n) is 10.2. The molecule has 1 fully saturated rings. The van der Waals surface area contributed by atoms with E-state index in [1.807, 2.05) is 31.2 Å². The summed E-state index contributed by atoms with van der Waals surface area (Å²) in [6, 6.07) is 6.56. The molecule has 1 aromatic carbocycles. The molecule has 3 atom stereocenters. The van der Waals surface area contributed by atoms with Crippen LogP contribution in [0.1, 0.15) is 64.5 Å². The smallest absolute Gasteiger partial charge is 0.338 e. The van der Waals surface area contributed by atoms with Crippen molar-refractivity contribution in [2.24, 2.45) is 5.92 Å². The van der Waals surface area contributed by atoms with Gasteiger partial charge in [-0.25, -0.2) is 9.59 Å². The second kappa shape index (κ2) is 9.13. The summed E-state index contributed by atoms with van der Waals surface area (Å²) in [6.45, 7) is 6.53. The number of carbonyl (C=O) groups is 2. The number of nitrogens with one attached hydrogen (secondary N) is 2. The van der Waals surface area contributed by atoms with Crippen molar-refractivity contribution in [2.45, 2.75) is 65.0 Å². The van der Waals surface area contributed by atoms with Gasteiger partial charge in [-0.05, 0) is 44.6 Å². The van der Waals surface area contributed by atoms with E-state index in [9.17, 15) is 9.59 Å². The first kappa shape index (κ1) is 20.2. The van der Waals surface area contributed by atoms with Crippen molar-refractivity contribution in [1.29, 1.82) is 0 Å². The zero-order valence-electron chi connectivity index (χ0n) is 16.9. The summed E-state index contributed by atoms with van der Waals surface area (Å²) in [7, 11) is 0. The van der Waals surface area contributed by atoms with Crippen LogP contribution in [0.25, 0.3) is 0 Å². The van der Waals surface area contributed by atoms with Gasteiger partial charge in [-0.15, -0.1) is 0 Å². The zero-order valence-corrected chi connectivity index (χ0v) is 16.9. The van der Waals surface area contributed by atoms with E-state index < -0.39 is 6.04 Å². The van der Waals surface area contributed by atoms with Crippen molar-refractivity contribution in [3.63, 3.8) is 0 Å². The molecule has 152 valence electrons. The maximum absolute atomic E-state index is 13.1. The maximum atomic E-state index is 13.1. The summed E-state index contributed by atoms with van der Waals surface area (Å²) in [4.78, 5) is 25.2. The van der Waals surface area contributed by atoms with E-state index in [2.05, 4.69) is 17.6 Å². The Morgan fingerprint density at radius 2 is 2.04 bits per heavy atom.